The summed E-state index contributed by atoms with van der Waals surface area (Å²) in [7, 11) is 0. The van der Waals surface area contributed by atoms with Crippen LogP contribution in [0, 0.1) is 6.92 Å². The Bertz CT molecular complexity index is 1490. The molecule has 8 heteroatoms. The molecule has 2 aromatic rings. The van der Waals surface area contributed by atoms with Crippen molar-refractivity contribution >= 4 is 34.9 Å². The van der Waals surface area contributed by atoms with Crippen molar-refractivity contribution in [3.05, 3.63) is 101 Å². The second-order valence-electron chi connectivity index (χ2n) is 13.3. The molecule has 0 atom stereocenters. The quantitative estimate of drug-likeness (QED) is 0.0729. The number of rotatable bonds is 21. The van der Waals surface area contributed by atoms with Crippen LogP contribution in [0.4, 0.5) is 11.4 Å². The minimum Gasteiger partial charge on any atom is -0.494 e. The van der Waals surface area contributed by atoms with Crippen LogP contribution in [-0.4, -0.2) is 62.8 Å². The Morgan fingerprint density at radius 2 is 1.55 bits per heavy atom. The maximum Gasteiger partial charge on any atom is 0.307 e. The van der Waals surface area contributed by atoms with Gasteiger partial charge in [0.25, 0.3) is 0 Å². The second kappa shape index (κ2) is 22.9. The Labute approximate surface area is 311 Å². The van der Waals surface area contributed by atoms with Crippen molar-refractivity contribution < 1.29 is 19.1 Å². The lowest BCUT2D eigenvalue weighted by molar-refractivity contribution is -0.144. The molecule has 2 aliphatic rings. The highest BCUT2D eigenvalue weighted by Crippen LogP contribution is 2.32. The number of hydrogen-bond acceptors (Lipinski definition) is 6. The molecule has 2 aromatic carbocycles. The van der Waals surface area contributed by atoms with Crippen LogP contribution in [0.15, 0.2) is 85.0 Å². The number of aryl methyl sites for hydroxylation is 2. The van der Waals surface area contributed by atoms with Crippen molar-refractivity contribution in [3.8, 4) is 5.75 Å². The number of amides is 1. The summed E-state index contributed by atoms with van der Waals surface area (Å²) < 4.78 is 11.7. The Kier molecular flexibility index (Phi) is 17.9. The molecule has 1 amide bonds. The van der Waals surface area contributed by atoms with E-state index in [2.05, 4.69) is 90.5 Å². The van der Waals surface area contributed by atoms with Crippen LogP contribution < -0.4 is 14.5 Å². The van der Waals surface area contributed by atoms with E-state index < -0.39 is 0 Å². The second-order valence-corrected chi connectivity index (χ2v) is 13.7. The first-order valence-corrected chi connectivity index (χ1v) is 19.4. The van der Waals surface area contributed by atoms with Crippen molar-refractivity contribution in [3.63, 3.8) is 0 Å². The number of nitrogens with zero attached hydrogens (tertiary/aromatic N) is 3. The fourth-order valence-electron chi connectivity index (χ4n) is 6.30. The zero-order chi connectivity index (χ0) is 36.1. The van der Waals surface area contributed by atoms with Crippen LogP contribution in [-0.2, 0) is 20.7 Å². The third-order valence-electron chi connectivity index (χ3n) is 9.35. The standard InChI is InChI=1S/C43H58ClN3O4/c1-3-4-5-6-7-8-9-10-11-12-13-14-15-16-17-23-42(49)51-35-47-40-34-38(26-24-37(40)25-27-41(47)48)50-33-19-18-28-45-29-31-46(32-30-45)39-22-20-21-36(2)43(39)44/h4-5,7-8,10-11,13-14,20-22,24,26,34H,3,6,9,12,15-19,23,25,27-33,35H2,1-2H3/b5-4-,8-7-,11-10-,14-13-. The van der Waals surface area contributed by atoms with Gasteiger partial charge in [-0.1, -0.05) is 85.3 Å². The van der Waals surface area contributed by atoms with E-state index in [1.807, 2.05) is 18.2 Å². The normalized spacial score (nSPS) is 15.5. The van der Waals surface area contributed by atoms with Crippen molar-refractivity contribution in [2.45, 2.75) is 90.9 Å². The van der Waals surface area contributed by atoms with Gasteiger partial charge in [-0.2, -0.15) is 0 Å². The number of carbonyl (C=O) groups is 2. The van der Waals surface area contributed by atoms with Crippen molar-refractivity contribution in [2.75, 3.05) is 55.9 Å². The summed E-state index contributed by atoms with van der Waals surface area (Å²) in [5.41, 5.74) is 4.11. The number of ether oxygens (including phenoxy) is 2. The summed E-state index contributed by atoms with van der Waals surface area (Å²) in [5, 5.41) is 0.860. The molecule has 4 rings (SSSR count). The summed E-state index contributed by atoms with van der Waals surface area (Å²) in [6.07, 6.45) is 27.5. The first kappa shape index (κ1) is 40.0. The number of fused-ring (bicyclic) bond motifs is 1. The summed E-state index contributed by atoms with van der Waals surface area (Å²) in [5.74, 6) is 0.434. The van der Waals surface area contributed by atoms with E-state index in [0.29, 0.717) is 25.9 Å². The van der Waals surface area contributed by atoms with E-state index in [4.69, 9.17) is 21.1 Å². The highest BCUT2D eigenvalue weighted by atomic mass is 35.5. The van der Waals surface area contributed by atoms with Gasteiger partial charge in [0, 0.05) is 45.1 Å². The zero-order valence-electron chi connectivity index (χ0n) is 30.9. The molecule has 276 valence electrons. The Hall–Kier alpha value is -3.81. The third-order valence-corrected chi connectivity index (χ3v) is 9.85. The SMILES string of the molecule is CC/C=C\C/C=C\C/C=C\C/C=C\CCCCC(=O)OCN1C(=O)CCc2ccc(OCCCCN3CCN(c4cccc(C)c4Cl)CC3)cc21. The summed E-state index contributed by atoms with van der Waals surface area (Å²) in [6, 6.07) is 12.2. The van der Waals surface area contributed by atoms with Crippen LogP contribution >= 0.6 is 11.6 Å². The first-order chi connectivity index (χ1) is 25.0. The largest absolute Gasteiger partial charge is 0.494 e. The molecule has 1 saturated heterocycles. The van der Waals surface area contributed by atoms with Crippen LogP contribution in [0.25, 0.3) is 0 Å². The maximum absolute atomic E-state index is 12.8. The fourth-order valence-corrected chi connectivity index (χ4v) is 6.55. The molecule has 7 nitrogen and oxygen atoms in total. The van der Waals surface area contributed by atoms with Gasteiger partial charge in [-0.05, 0) is 101 Å². The predicted molar refractivity (Wildman–Crippen MR) is 212 cm³/mol. The van der Waals surface area contributed by atoms with Gasteiger partial charge in [0.05, 0.1) is 23.0 Å². The molecular weight excluding hydrogens is 658 g/mol. The monoisotopic (exact) mass is 715 g/mol. The lowest BCUT2D eigenvalue weighted by atomic mass is 10.0. The average molecular weight is 716 g/mol. The Balaban J connectivity index is 1.08. The zero-order valence-corrected chi connectivity index (χ0v) is 31.6. The summed E-state index contributed by atoms with van der Waals surface area (Å²) in [6.45, 7) is 9.80. The lowest BCUT2D eigenvalue weighted by Crippen LogP contribution is -2.46. The van der Waals surface area contributed by atoms with Crippen molar-refractivity contribution in [1.29, 1.82) is 0 Å². The van der Waals surface area contributed by atoms with E-state index >= 15 is 0 Å². The minimum atomic E-state index is -0.271. The van der Waals surface area contributed by atoms with Crippen LogP contribution in [0.1, 0.15) is 88.7 Å². The molecule has 0 unspecified atom stereocenters. The number of halogens is 1. The van der Waals surface area contributed by atoms with E-state index in [1.54, 1.807) is 4.90 Å². The molecule has 0 aliphatic carbocycles. The molecular formula is C43H58ClN3O4. The van der Waals surface area contributed by atoms with Gasteiger partial charge >= 0.3 is 5.97 Å². The van der Waals surface area contributed by atoms with Gasteiger partial charge in [0.15, 0.2) is 6.73 Å². The topological polar surface area (TPSA) is 62.3 Å². The Morgan fingerprint density at radius 3 is 2.29 bits per heavy atom. The van der Waals surface area contributed by atoms with E-state index in [0.717, 1.165) is 124 Å². The molecule has 0 bridgehead atoms. The van der Waals surface area contributed by atoms with Gasteiger partial charge < -0.3 is 14.4 Å². The molecule has 2 aliphatic heterocycles. The third kappa shape index (κ3) is 14.0. The highest BCUT2D eigenvalue weighted by molar-refractivity contribution is 6.34. The number of hydrogen-bond donors (Lipinski definition) is 0. The molecule has 2 heterocycles. The average Bonchev–Trinajstić information content (AvgIpc) is 3.14. The molecule has 0 saturated carbocycles. The minimum absolute atomic E-state index is 0.0310. The molecule has 0 N–H and O–H groups in total. The van der Waals surface area contributed by atoms with Gasteiger partial charge in [-0.3, -0.25) is 19.4 Å². The first-order valence-electron chi connectivity index (χ1n) is 19.0. The smallest absolute Gasteiger partial charge is 0.307 e. The summed E-state index contributed by atoms with van der Waals surface area (Å²) in [4.78, 5) is 31.8. The fraction of sp³-hybridized carbons (Fsp3) is 0.488. The van der Waals surface area contributed by atoms with Crippen LogP contribution in [0.3, 0.4) is 0 Å². The Morgan fingerprint density at radius 1 is 0.824 bits per heavy atom. The van der Waals surface area contributed by atoms with E-state index in [-0.39, 0.29) is 18.6 Å². The summed E-state index contributed by atoms with van der Waals surface area (Å²) >= 11 is 6.56. The number of piperazine rings is 1. The van der Waals surface area contributed by atoms with Gasteiger partial charge in [0.1, 0.15) is 5.75 Å². The predicted octanol–water partition coefficient (Wildman–Crippen LogP) is 9.78. The van der Waals surface area contributed by atoms with Crippen molar-refractivity contribution in [1.82, 2.24) is 4.90 Å². The number of esters is 1. The molecule has 1 fully saturated rings. The van der Waals surface area contributed by atoms with Crippen molar-refractivity contribution in [2.24, 2.45) is 0 Å². The van der Waals surface area contributed by atoms with Crippen LogP contribution in [0.5, 0.6) is 5.75 Å². The number of anilines is 2. The van der Waals surface area contributed by atoms with Gasteiger partial charge in [0.2, 0.25) is 5.91 Å². The molecule has 0 spiro atoms. The van der Waals surface area contributed by atoms with Crippen LogP contribution in [0.2, 0.25) is 5.02 Å². The van der Waals surface area contributed by atoms with Gasteiger partial charge in [-0.15, -0.1) is 0 Å². The van der Waals surface area contributed by atoms with E-state index in [9.17, 15) is 9.59 Å². The number of benzene rings is 2. The number of unbranched alkanes of at least 4 members (excludes halogenated alkanes) is 3. The lowest BCUT2D eigenvalue weighted by Gasteiger charge is -2.36. The number of carbonyl (C=O) groups excluding carboxylic acids is 2. The molecule has 0 radical (unpaired) electrons. The molecule has 0 aromatic heterocycles. The van der Waals surface area contributed by atoms with Gasteiger partial charge in [-0.25, -0.2) is 0 Å². The highest BCUT2D eigenvalue weighted by Gasteiger charge is 2.26. The molecule has 51 heavy (non-hydrogen) atoms. The maximum atomic E-state index is 12.8. The number of allylic oxidation sites excluding steroid dienone is 8. The van der Waals surface area contributed by atoms with E-state index in [1.165, 1.54) is 0 Å².